The van der Waals surface area contributed by atoms with Crippen LogP contribution < -0.4 is 0 Å². The first-order valence-electron chi connectivity index (χ1n) is 12.8. The van der Waals surface area contributed by atoms with Gasteiger partial charge in [-0.2, -0.15) is 0 Å². The Morgan fingerprint density at radius 2 is 1.09 bits per heavy atom. The maximum absolute atomic E-state index is 10.8. The molecule has 0 aromatic heterocycles. The van der Waals surface area contributed by atoms with Crippen LogP contribution in [-0.4, -0.2) is 18.5 Å². The van der Waals surface area contributed by atoms with Crippen molar-refractivity contribution in [1.82, 2.24) is 0 Å². The van der Waals surface area contributed by atoms with Gasteiger partial charge in [0.1, 0.15) is 6.61 Å². The molecule has 0 amide bonds. The zero-order chi connectivity index (χ0) is 24.4. The van der Waals surface area contributed by atoms with E-state index >= 15 is 0 Å². The Balaban J connectivity index is 0.000000716. The Hall–Kier alpha value is -2.36. The number of carbonyl (C=O) groups is 2. The fourth-order valence-electron chi connectivity index (χ4n) is 3.32. The van der Waals surface area contributed by atoms with Crippen LogP contribution in [0.25, 0.3) is 0 Å². The molecule has 0 heterocycles. The van der Waals surface area contributed by atoms with Crippen LogP contribution in [-0.2, 0) is 25.7 Å². The standard InChI is InChI=1S/C19H36O2.C10H10O2/c1-3-5-6-7-8-9-10-11-12-13-14-15-16-17-18-21-19(20)4-2;1-2-10(11)12-8-9-6-4-3-5-7-9/h4H,2-3,5-18H2,1H3;2-7H,1,8H2. The van der Waals surface area contributed by atoms with Crippen molar-refractivity contribution in [3.05, 3.63) is 61.2 Å². The van der Waals surface area contributed by atoms with Crippen molar-refractivity contribution >= 4 is 11.9 Å². The largest absolute Gasteiger partial charge is 0.463 e. The quantitative estimate of drug-likeness (QED) is 0.119. The second kappa shape index (κ2) is 24.3. The van der Waals surface area contributed by atoms with E-state index in [0.29, 0.717) is 13.2 Å². The fourth-order valence-corrected chi connectivity index (χ4v) is 3.32. The topological polar surface area (TPSA) is 52.6 Å². The smallest absolute Gasteiger partial charge is 0.330 e. The molecule has 186 valence electrons. The predicted molar refractivity (Wildman–Crippen MR) is 138 cm³/mol. The van der Waals surface area contributed by atoms with E-state index in [4.69, 9.17) is 9.47 Å². The summed E-state index contributed by atoms with van der Waals surface area (Å²) in [5.74, 6) is -0.691. The van der Waals surface area contributed by atoms with Crippen LogP contribution in [0.5, 0.6) is 0 Å². The van der Waals surface area contributed by atoms with E-state index in [9.17, 15) is 9.59 Å². The molecule has 0 saturated heterocycles. The van der Waals surface area contributed by atoms with Crippen molar-refractivity contribution in [3.63, 3.8) is 0 Å². The highest BCUT2D eigenvalue weighted by Gasteiger charge is 1.97. The van der Waals surface area contributed by atoms with Crippen LogP contribution in [0, 0.1) is 0 Å². The molecular formula is C29H46O4. The summed E-state index contributed by atoms with van der Waals surface area (Å²) in [6.07, 6.45) is 21.2. The van der Waals surface area contributed by atoms with Crippen LogP contribution >= 0.6 is 0 Å². The molecule has 0 aliphatic rings. The first-order valence-corrected chi connectivity index (χ1v) is 12.8. The van der Waals surface area contributed by atoms with Gasteiger partial charge in [0.05, 0.1) is 6.61 Å². The molecule has 33 heavy (non-hydrogen) atoms. The van der Waals surface area contributed by atoms with Crippen molar-refractivity contribution in [1.29, 1.82) is 0 Å². The molecule has 0 aliphatic heterocycles. The summed E-state index contributed by atoms with van der Waals surface area (Å²) in [5, 5.41) is 0. The third kappa shape index (κ3) is 22.6. The lowest BCUT2D eigenvalue weighted by molar-refractivity contribution is -0.139. The number of carbonyl (C=O) groups excluding carboxylic acids is 2. The minimum absolute atomic E-state index is 0.301. The Bertz CT molecular complexity index is 609. The summed E-state index contributed by atoms with van der Waals surface area (Å²) in [4.78, 5) is 21.5. The number of hydrogen-bond donors (Lipinski definition) is 0. The number of benzene rings is 1. The van der Waals surface area contributed by atoms with Crippen LogP contribution in [0.3, 0.4) is 0 Å². The van der Waals surface area contributed by atoms with Gasteiger partial charge >= 0.3 is 11.9 Å². The summed E-state index contributed by atoms with van der Waals surface area (Å²) < 4.78 is 9.76. The van der Waals surface area contributed by atoms with Crippen molar-refractivity contribution in [2.24, 2.45) is 0 Å². The molecule has 0 bridgehead atoms. The van der Waals surface area contributed by atoms with Crippen LogP contribution in [0.2, 0.25) is 0 Å². The van der Waals surface area contributed by atoms with Gasteiger partial charge in [0.2, 0.25) is 0 Å². The Morgan fingerprint density at radius 3 is 1.55 bits per heavy atom. The van der Waals surface area contributed by atoms with Crippen molar-refractivity contribution in [2.75, 3.05) is 6.61 Å². The van der Waals surface area contributed by atoms with Crippen LogP contribution in [0.4, 0.5) is 0 Å². The average molecular weight is 459 g/mol. The van der Waals surface area contributed by atoms with E-state index in [1.165, 1.54) is 89.5 Å². The Labute approximate surface area is 202 Å². The minimum Gasteiger partial charge on any atom is -0.463 e. The number of unbranched alkanes of at least 4 members (excludes halogenated alkanes) is 13. The fraction of sp³-hybridized carbons (Fsp3) is 0.586. The van der Waals surface area contributed by atoms with Gasteiger partial charge < -0.3 is 9.47 Å². The van der Waals surface area contributed by atoms with Crippen molar-refractivity contribution in [2.45, 2.75) is 103 Å². The lowest BCUT2D eigenvalue weighted by Gasteiger charge is -2.03. The van der Waals surface area contributed by atoms with Crippen molar-refractivity contribution < 1.29 is 19.1 Å². The van der Waals surface area contributed by atoms with Gasteiger partial charge in [-0.05, 0) is 12.0 Å². The van der Waals surface area contributed by atoms with Crippen LogP contribution in [0.15, 0.2) is 55.6 Å². The molecule has 0 aliphatic carbocycles. The van der Waals surface area contributed by atoms with E-state index in [2.05, 4.69) is 20.1 Å². The summed E-state index contributed by atoms with van der Waals surface area (Å²) in [6.45, 7) is 9.80. The summed E-state index contributed by atoms with van der Waals surface area (Å²) >= 11 is 0. The molecule has 0 saturated carbocycles. The van der Waals surface area contributed by atoms with Gasteiger partial charge in [0.25, 0.3) is 0 Å². The SMILES string of the molecule is C=CC(=O)OCCCCCCCCCCCCCCCC.C=CC(=O)OCc1ccccc1. The summed E-state index contributed by atoms with van der Waals surface area (Å²) in [6, 6.07) is 9.51. The van der Waals surface area contributed by atoms with E-state index in [-0.39, 0.29) is 11.9 Å². The zero-order valence-electron chi connectivity index (χ0n) is 20.9. The van der Waals surface area contributed by atoms with E-state index < -0.39 is 0 Å². The maximum atomic E-state index is 10.8. The predicted octanol–water partition coefficient (Wildman–Crippen LogP) is 8.11. The Kier molecular flexibility index (Phi) is 22.5. The molecule has 0 radical (unpaired) electrons. The second-order valence-corrected chi connectivity index (χ2v) is 8.27. The highest BCUT2D eigenvalue weighted by Crippen LogP contribution is 2.12. The van der Waals surface area contributed by atoms with Gasteiger partial charge in [-0.25, -0.2) is 9.59 Å². The molecule has 1 aromatic carbocycles. The molecule has 0 N–H and O–H groups in total. The highest BCUT2D eigenvalue weighted by molar-refractivity contribution is 5.81. The van der Waals surface area contributed by atoms with Gasteiger partial charge in [-0.3, -0.25) is 0 Å². The lowest BCUT2D eigenvalue weighted by atomic mass is 10.0. The second-order valence-electron chi connectivity index (χ2n) is 8.27. The molecule has 4 heteroatoms. The molecule has 0 unspecified atom stereocenters. The first-order chi connectivity index (χ1) is 16.1. The lowest BCUT2D eigenvalue weighted by Crippen LogP contribution is -2.01. The monoisotopic (exact) mass is 458 g/mol. The molecule has 1 rings (SSSR count). The number of hydrogen-bond acceptors (Lipinski definition) is 4. The molecule has 4 nitrogen and oxygen atoms in total. The normalized spacial score (nSPS) is 9.97. The third-order valence-electron chi connectivity index (χ3n) is 5.30. The summed E-state index contributed by atoms with van der Waals surface area (Å²) in [5.41, 5.74) is 0.979. The van der Waals surface area contributed by atoms with E-state index in [1.54, 1.807) is 0 Å². The zero-order valence-corrected chi connectivity index (χ0v) is 20.9. The molecule has 0 fully saturated rings. The van der Waals surface area contributed by atoms with Gasteiger partial charge in [0, 0.05) is 12.2 Å². The molecule has 0 spiro atoms. The first kappa shape index (κ1) is 30.6. The number of rotatable bonds is 19. The van der Waals surface area contributed by atoms with Gasteiger partial charge in [-0.1, -0.05) is 134 Å². The number of esters is 2. The maximum Gasteiger partial charge on any atom is 0.330 e. The summed E-state index contributed by atoms with van der Waals surface area (Å²) in [7, 11) is 0. The molecule has 0 atom stereocenters. The highest BCUT2D eigenvalue weighted by atomic mass is 16.5. The average Bonchev–Trinajstić information content (AvgIpc) is 2.85. The Morgan fingerprint density at radius 1 is 0.667 bits per heavy atom. The van der Waals surface area contributed by atoms with E-state index in [1.807, 2.05) is 30.3 Å². The van der Waals surface area contributed by atoms with Gasteiger partial charge in [-0.15, -0.1) is 0 Å². The number of ether oxygens (including phenoxy) is 2. The van der Waals surface area contributed by atoms with Crippen molar-refractivity contribution in [3.8, 4) is 0 Å². The van der Waals surface area contributed by atoms with Crippen LogP contribution in [0.1, 0.15) is 102 Å². The minimum atomic E-state index is -0.390. The molecular weight excluding hydrogens is 412 g/mol. The van der Waals surface area contributed by atoms with Gasteiger partial charge in [0.15, 0.2) is 0 Å². The molecule has 1 aromatic rings. The van der Waals surface area contributed by atoms with E-state index in [0.717, 1.165) is 18.1 Å². The third-order valence-corrected chi connectivity index (χ3v) is 5.30.